The van der Waals surface area contributed by atoms with Crippen molar-refractivity contribution >= 4 is 11.5 Å². The average molecular weight is 424 g/mol. The van der Waals surface area contributed by atoms with Gasteiger partial charge in [0, 0.05) is 55.6 Å². The van der Waals surface area contributed by atoms with Gasteiger partial charge in [-0.05, 0) is 30.3 Å². The van der Waals surface area contributed by atoms with Crippen LogP contribution in [0, 0.1) is 0 Å². The molecule has 5 aromatic rings. The molecule has 5 aromatic heterocycles. The molecule has 6 heterocycles. The predicted molar refractivity (Wildman–Crippen MR) is 120 cm³/mol. The third kappa shape index (κ3) is 3.38. The highest BCUT2D eigenvalue weighted by atomic mass is 16.5. The third-order valence-corrected chi connectivity index (χ3v) is 5.48. The van der Waals surface area contributed by atoms with E-state index in [1.54, 1.807) is 29.5 Å². The Morgan fingerprint density at radius 1 is 0.812 bits per heavy atom. The van der Waals surface area contributed by atoms with Crippen LogP contribution in [0.2, 0.25) is 0 Å². The van der Waals surface area contributed by atoms with Gasteiger partial charge >= 0.3 is 0 Å². The molecule has 0 amide bonds. The number of hydrogen-bond acceptors (Lipinski definition) is 7. The van der Waals surface area contributed by atoms with Crippen molar-refractivity contribution in [3.63, 3.8) is 0 Å². The Kier molecular flexibility index (Phi) is 4.58. The van der Waals surface area contributed by atoms with Crippen molar-refractivity contribution in [1.82, 2.24) is 34.3 Å². The number of morpholine rings is 1. The molecule has 0 aliphatic carbocycles. The van der Waals surface area contributed by atoms with Gasteiger partial charge in [0.1, 0.15) is 11.5 Å². The minimum Gasteiger partial charge on any atom is -0.378 e. The van der Waals surface area contributed by atoms with Gasteiger partial charge in [0.05, 0.1) is 36.5 Å². The summed E-state index contributed by atoms with van der Waals surface area (Å²) in [5.41, 5.74) is 5.11. The lowest BCUT2D eigenvalue weighted by Crippen LogP contribution is -2.37. The first kappa shape index (κ1) is 18.6. The van der Waals surface area contributed by atoms with Crippen molar-refractivity contribution in [2.24, 2.45) is 0 Å². The summed E-state index contributed by atoms with van der Waals surface area (Å²) in [4.78, 5) is 15.5. The molecular formula is C23H20N8O. The highest BCUT2D eigenvalue weighted by Crippen LogP contribution is 2.27. The second-order valence-electron chi connectivity index (χ2n) is 7.49. The largest absolute Gasteiger partial charge is 0.378 e. The SMILES string of the molecule is c1cncc(-n2ccc(-c3cc(N4CCOCC4)n4nc(-c5ccncc5)cc4n3)n2)c1. The standard InChI is InChI=1S/C23H20N8O/c1-2-18(16-25-6-1)30-9-5-19(27-30)21-15-23(29-10-12-32-13-11-29)31-22(26-21)14-20(28-31)17-3-7-24-8-4-17/h1-9,14-16H,10-13H2. The lowest BCUT2D eigenvalue weighted by Gasteiger charge is -2.29. The predicted octanol–water partition coefficient (Wildman–Crippen LogP) is 2.88. The minimum atomic E-state index is 0.688. The van der Waals surface area contributed by atoms with Crippen LogP contribution in [-0.2, 0) is 4.74 Å². The molecule has 1 fully saturated rings. The normalized spacial score (nSPS) is 14.2. The Bertz CT molecular complexity index is 1360. The van der Waals surface area contributed by atoms with E-state index in [1.165, 1.54) is 0 Å². The smallest absolute Gasteiger partial charge is 0.158 e. The first-order valence-corrected chi connectivity index (χ1v) is 10.5. The maximum absolute atomic E-state index is 5.56. The Hall–Kier alpha value is -4.11. The van der Waals surface area contributed by atoms with Crippen molar-refractivity contribution in [2.45, 2.75) is 0 Å². The van der Waals surface area contributed by atoms with E-state index in [0.717, 1.165) is 52.9 Å². The summed E-state index contributed by atoms with van der Waals surface area (Å²) >= 11 is 0. The summed E-state index contributed by atoms with van der Waals surface area (Å²) in [6.45, 7) is 2.97. The van der Waals surface area contributed by atoms with Gasteiger partial charge in [-0.3, -0.25) is 9.97 Å². The van der Waals surface area contributed by atoms with Crippen molar-refractivity contribution in [3.8, 4) is 28.3 Å². The van der Waals surface area contributed by atoms with E-state index in [9.17, 15) is 0 Å². The van der Waals surface area contributed by atoms with E-state index in [0.29, 0.717) is 13.2 Å². The number of ether oxygens (including phenoxy) is 1. The summed E-state index contributed by atoms with van der Waals surface area (Å²) in [7, 11) is 0. The van der Waals surface area contributed by atoms with Crippen LogP contribution in [0.1, 0.15) is 0 Å². The fraction of sp³-hybridized carbons (Fsp3) is 0.174. The van der Waals surface area contributed by atoms with Crippen LogP contribution in [0.25, 0.3) is 34.0 Å². The van der Waals surface area contributed by atoms with Gasteiger partial charge in [-0.1, -0.05) is 0 Å². The lowest BCUT2D eigenvalue weighted by molar-refractivity contribution is 0.122. The fourth-order valence-electron chi connectivity index (χ4n) is 3.86. The van der Waals surface area contributed by atoms with Crippen molar-refractivity contribution in [2.75, 3.05) is 31.2 Å². The molecule has 9 nitrogen and oxygen atoms in total. The molecule has 9 heteroatoms. The fourth-order valence-corrected chi connectivity index (χ4v) is 3.86. The third-order valence-electron chi connectivity index (χ3n) is 5.48. The van der Waals surface area contributed by atoms with Gasteiger partial charge in [-0.2, -0.15) is 14.7 Å². The van der Waals surface area contributed by atoms with Gasteiger partial charge in [0.25, 0.3) is 0 Å². The summed E-state index contributed by atoms with van der Waals surface area (Å²) in [5.74, 6) is 0.976. The van der Waals surface area contributed by atoms with Gasteiger partial charge in [0.2, 0.25) is 0 Å². The molecule has 1 saturated heterocycles. The minimum absolute atomic E-state index is 0.688. The zero-order valence-electron chi connectivity index (χ0n) is 17.2. The Morgan fingerprint density at radius 3 is 2.50 bits per heavy atom. The van der Waals surface area contributed by atoms with Crippen LogP contribution in [0.5, 0.6) is 0 Å². The summed E-state index contributed by atoms with van der Waals surface area (Å²) in [6, 6.07) is 13.8. The Labute approximate surface area is 184 Å². The van der Waals surface area contributed by atoms with E-state index in [2.05, 4.69) is 20.9 Å². The molecule has 158 valence electrons. The molecular weight excluding hydrogens is 404 g/mol. The quantitative estimate of drug-likeness (QED) is 0.438. The number of nitrogens with zero attached hydrogens (tertiary/aromatic N) is 8. The molecule has 0 atom stereocenters. The first-order chi connectivity index (χ1) is 15.8. The van der Waals surface area contributed by atoms with Crippen LogP contribution in [0.15, 0.2) is 73.4 Å². The average Bonchev–Trinajstić information content (AvgIpc) is 3.53. The molecule has 0 radical (unpaired) electrons. The number of rotatable bonds is 4. The zero-order chi connectivity index (χ0) is 21.3. The van der Waals surface area contributed by atoms with E-state index >= 15 is 0 Å². The Morgan fingerprint density at radius 2 is 1.69 bits per heavy atom. The molecule has 32 heavy (non-hydrogen) atoms. The first-order valence-electron chi connectivity index (χ1n) is 10.5. The van der Waals surface area contributed by atoms with Gasteiger partial charge in [-0.25, -0.2) is 9.67 Å². The molecule has 0 N–H and O–H groups in total. The number of aromatic nitrogens is 7. The van der Waals surface area contributed by atoms with E-state index in [4.69, 9.17) is 19.9 Å². The molecule has 1 aliphatic rings. The summed E-state index contributed by atoms with van der Waals surface area (Å²) < 4.78 is 9.27. The molecule has 0 saturated carbocycles. The molecule has 6 rings (SSSR count). The second-order valence-corrected chi connectivity index (χ2v) is 7.49. The monoisotopic (exact) mass is 424 g/mol. The van der Waals surface area contributed by atoms with E-state index in [1.807, 2.05) is 47.1 Å². The van der Waals surface area contributed by atoms with Crippen molar-refractivity contribution in [3.05, 3.63) is 73.4 Å². The number of hydrogen-bond donors (Lipinski definition) is 0. The van der Waals surface area contributed by atoms with Gasteiger partial charge < -0.3 is 9.64 Å². The summed E-state index contributed by atoms with van der Waals surface area (Å²) in [6.07, 6.45) is 8.99. The molecule has 0 bridgehead atoms. The number of fused-ring (bicyclic) bond motifs is 1. The zero-order valence-corrected chi connectivity index (χ0v) is 17.2. The molecule has 0 spiro atoms. The van der Waals surface area contributed by atoms with Gasteiger partial charge in [-0.15, -0.1) is 0 Å². The molecule has 0 aromatic carbocycles. The maximum atomic E-state index is 5.56. The van der Waals surface area contributed by atoms with Crippen molar-refractivity contribution in [1.29, 1.82) is 0 Å². The number of anilines is 1. The number of pyridine rings is 2. The van der Waals surface area contributed by atoms with Crippen LogP contribution < -0.4 is 4.90 Å². The van der Waals surface area contributed by atoms with Crippen LogP contribution in [0.3, 0.4) is 0 Å². The highest BCUT2D eigenvalue weighted by Gasteiger charge is 2.19. The maximum Gasteiger partial charge on any atom is 0.158 e. The van der Waals surface area contributed by atoms with Crippen molar-refractivity contribution < 1.29 is 4.74 Å². The highest BCUT2D eigenvalue weighted by molar-refractivity contribution is 5.69. The Balaban J connectivity index is 1.48. The van der Waals surface area contributed by atoms with E-state index < -0.39 is 0 Å². The van der Waals surface area contributed by atoms with Crippen LogP contribution >= 0.6 is 0 Å². The van der Waals surface area contributed by atoms with Crippen LogP contribution in [0.4, 0.5) is 5.82 Å². The second kappa shape index (κ2) is 7.86. The van der Waals surface area contributed by atoms with Crippen LogP contribution in [-0.4, -0.2) is 60.6 Å². The topological polar surface area (TPSA) is 86.3 Å². The van der Waals surface area contributed by atoms with Gasteiger partial charge in [0.15, 0.2) is 5.65 Å². The lowest BCUT2D eigenvalue weighted by atomic mass is 10.2. The van der Waals surface area contributed by atoms with E-state index in [-0.39, 0.29) is 0 Å². The summed E-state index contributed by atoms with van der Waals surface area (Å²) in [5, 5.41) is 9.60. The molecule has 1 aliphatic heterocycles. The molecule has 0 unspecified atom stereocenters.